The number of anilines is 2. The summed E-state index contributed by atoms with van der Waals surface area (Å²) >= 11 is 7.82. The van der Waals surface area contributed by atoms with Crippen LogP contribution in [0.1, 0.15) is 19.5 Å². The van der Waals surface area contributed by atoms with Gasteiger partial charge in [-0.1, -0.05) is 24.0 Å². The summed E-state index contributed by atoms with van der Waals surface area (Å²) in [5.41, 5.74) is 1.31. The van der Waals surface area contributed by atoms with E-state index < -0.39 is 0 Å². The molecule has 27 heavy (non-hydrogen) atoms. The Hall–Kier alpha value is -2.23. The van der Waals surface area contributed by atoms with Crippen LogP contribution in [0.25, 0.3) is 6.08 Å². The Labute approximate surface area is 170 Å². The summed E-state index contributed by atoms with van der Waals surface area (Å²) in [5.74, 6) is 0.444. The summed E-state index contributed by atoms with van der Waals surface area (Å²) in [4.78, 5) is 32.7. The fraction of sp³-hybridized carbons (Fsp3) is 0.222. The van der Waals surface area contributed by atoms with Gasteiger partial charge in [-0.25, -0.2) is 4.98 Å². The van der Waals surface area contributed by atoms with Crippen molar-refractivity contribution in [3.8, 4) is 5.75 Å². The van der Waals surface area contributed by atoms with Crippen LogP contribution in [0, 0.1) is 0 Å². The molecule has 0 saturated carbocycles. The molecule has 0 atom stereocenters. The molecule has 1 aromatic heterocycles. The highest BCUT2D eigenvalue weighted by Crippen LogP contribution is 2.34. The Balaban J connectivity index is 1.88. The third kappa shape index (κ3) is 4.05. The molecule has 2 heterocycles. The number of nitrogens with zero attached hydrogens (tertiary/aromatic N) is 3. The first kappa shape index (κ1) is 19.5. The van der Waals surface area contributed by atoms with E-state index >= 15 is 0 Å². The molecule has 2 aromatic rings. The minimum atomic E-state index is -0.154. The lowest BCUT2D eigenvalue weighted by Gasteiger charge is -2.18. The molecule has 6 nitrogen and oxygen atoms in total. The summed E-state index contributed by atoms with van der Waals surface area (Å²) in [7, 11) is 1.59. The highest BCUT2D eigenvalue weighted by Gasteiger charge is 2.31. The van der Waals surface area contributed by atoms with Gasteiger partial charge in [0.25, 0.3) is 5.91 Å². The van der Waals surface area contributed by atoms with Gasteiger partial charge in [-0.2, -0.15) is 0 Å². The smallest absolute Gasteiger partial charge is 0.266 e. The topological polar surface area (TPSA) is 62.7 Å². The summed E-state index contributed by atoms with van der Waals surface area (Å²) < 4.78 is 5.71. The Morgan fingerprint density at radius 2 is 2.07 bits per heavy atom. The van der Waals surface area contributed by atoms with E-state index in [2.05, 4.69) is 4.98 Å². The number of amides is 2. The van der Waals surface area contributed by atoms with Crippen molar-refractivity contribution < 1.29 is 14.3 Å². The summed E-state index contributed by atoms with van der Waals surface area (Å²) in [6.07, 6.45) is 1.71. The van der Waals surface area contributed by atoms with Gasteiger partial charge in [0.1, 0.15) is 10.1 Å². The van der Waals surface area contributed by atoms with Crippen LogP contribution in [0.4, 0.5) is 10.8 Å². The second-order valence-electron chi connectivity index (χ2n) is 5.53. The van der Waals surface area contributed by atoms with Gasteiger partial charge in [-0.3, -0.25) is 19.4 Å². The quantitative estimate of drug-likeness (QED) is 0.538. The standard InChI is InChI=1S/C18H17N3O3S3/c1-4-20-16(23)15(27-18(20)25)9-12-10-26-17(19-12)21(11(2)22)13-5-7-14(24-3)8-6-13/h5-10H,4H2,1-3H3/b15-9+. The zero-order valence-corrected chi connectivity index (χ0v) is 17.4. The van der Waals surface area contributed by atoms with Crippen molar-refractivity contribution in [2.24, 2.45) is 0 Å². The van der Waals surface area contributed by atoms with Crippen LogP contribution in [0.3, 0.4) is 0 Å². The van der Waals surface area contributed by atoms with E-state index in [9.17, 15) is 9.59 Å². The monoisotopic (exact) mass is 419 g/mol. The van der Waals surface area contributed by atoms with Crippen molar-refractivity contribution in [1.29, 1.82) is 0 Å². The molecule has 0 bridgehead atoms. The first-order chi connectivity index (χ1) is 12.9. The first-order valence-corrected chi connectivity index (χ1v) is 10.2. The van der Waals surface area contributed by atoms with E-state index in [4.69, 9.17) is 17.0 Å². The normalized spacial score (nSPS) is 15.5. The third-order valence-electron chi connectivity index (χ3n) is 3.82. The van der Waals surface area contributed by atoms with Gasteiger partial charge in [0, 0.05) is 18.8 Å². The molecule has 1 aromatic carbocycles. The van der Waals surface area contributed by atoms with Crippen LogP contribution in [-0.4, -0.2) is 39.7 Å². The van der Waals surface area contributed by atoms with E-state index in [-0.39, 0.29) is 11.8 Å². The van der Waals surface area contributed by atoms with Crippen molar-refractivity contribution >= 4 is 68.3 Å². The maximum Gasteiger partial charge on any atom is 0.266 e. The molecule has 1 fully saturated rings. The maximum absolute atomic E-state index is 12.3. The molecular weight excluding hydrogens is 402 g/mol. The summed E-state index contributed by atoms with van der Waals surface area (Å²) in [6.45, 7) is 3.91. The minimum Gasteiger partial charge on any atom is -0.497 e. The first-order valence-electron chi connectivity index (χ1n) is 8.10. The molecule has 0 spiro atoms. The Bertz CT molecular complexity index is 921. The van der Waals surface area contributed by atoms with Gasteiger partial charge < -0.3 is 4.74 Å². The zero-order chi connectivity index (χ0) is 19.6. The number of aromatic nitrogens is 1. The van der Waals surface area contributed by atoms with Gasteiger partial charge in [-0.15, -0.1) is 11.3 Å². The Morgan fingerprint density at radius 1 is 1.37 bits per heavy atom. The van der Waals surface area contributed by atoms with E-state index in [0.717, 1.165) is 0 Å². The van der Waals surface area contributed by atoms with Gasteiger partial charge in [0.2, 0.25) is 5.91 Å². The Kier molecular flexibility index (Phi) is 5.93. The molecule has 140 valence electrons. The molecule has 0 aliphatic carbocycles. The lowest BCUT2D eigenvalue weighted by atomic mass is 10.3. The fourth-order valence-electron chi connectivity index (χ4n) is 2.51. The number of benzene rings is 1. The van der Waals surface area contributed by atoms with Gasteiger partial charge in [-0.05, 0) is 37.3 Å². The molecule has 2 amide bonds. The van der Waals surface area contributed by atoms with Gasteiger partial charge >= 0.3 is 0 Å². The minimum absolute atomic E-state index is 0.111. The van der Waals surface area contributed by atoms with E-state index in [1.807, 2.05) is 12.3 Å². The average Bonchev–Trinajstić information content (AvgIpc) is 3.20. The maximum atomic E-state index is 12.3. The van der Waals surface area contributed by atoms with Crippen LogP contribution >= 0.6 is 35.3 Å². The number of carbonyl (C=O) groups excluding carboxylic acids is 2. The molecule has 1 saturated heterocycles. The number of thiocarbonyl (C=S) groups is 1. The van der Waals surface area contributed by atoms with Gasteiger partial charge in [0.05, 0.1) is 23.4 Å². The van der Waals surface area contributed by atoms with E-state index in [1.165, 1.54) is 34.9 Å². The number of carbonyl (C=O) groups is 2. The average molecular weight is 420 g/mol. The number of thiazole rings is 1. The van der Waals surface area contributed by atoms with Crippen molar-refractivity contribution in [2.45, 2.75) is 13.8 Å². The lowest BCUT2D eigenvalue weighted by molar-refractivity contribution is -0.122. The zero-order valence-electron chi connectivity index (χ0n) is 15.0. The highest BCUT2D eigenvalue weighted by molar-refractivity contribution is 8.26. The number of hydrogen-bond acceptors (Lipinski definition) is 7. The second-order valence-corrected chi connectivity index (χ2v) is 8.05. The summed E-state index contributed by atoms with van der Waals surface area (Å²) in [5, 5.41) is 2.35. The van der Waals surface area contributed by atoms with Gasteiger partial charge in [0.15, 0.2) is 5.13 Å². The molecule has 9 heteroatoms. The lowest BCUT2D eigenvalue weighted by Crippen LogP contribution is -2.27. The Morgan fingerprint density at radius 3 is 2.63 bits per heavy atom. The van der Waals surface area contributed by atoms with E-state index in [0.29, 0.717) is 38.0 Å². The predicted molar refractivity (Wildman–Crippen MR) is 113 cm³/mol. The molecule has 0 N–H and O–H groups in total. The fourth-order valence-corrected chi connectivity index (χ4v) is 4.72. The molecule has 1 aliphatic heterocycles. The number of methoxy groups -OCH3 is 1. The van der Waals surface area contributed by atoms with Crippen molar-refractivity contribution in [2.75, 3.05) is 18.6 Å². The molecular formula is C18H17N3O3S3. The van der Waals surface area contributed by atoms with Crippen LogP contribution in [0.5, 0.6) is 5.75 Å². The van der Waals surface area contributed by atoms with Crippen molar-refractivity contribution in [1.82, 2.24) is 9.88 Å². The number of ether oxygens (including phenoxy) is 1. The number of hydrogen-bond donors (Lipinski definition) is 0. The van der Waals surface area contributed by atoms with Crippen LogP contribution in [0.2, 0.25) is 0 Å². The molecule has 0 radical (unpaired) electrons. The highest BCUT2D eigenvalue weighted by atomic mass is 32.2. The largest absolute Gasteiger partial charge is 0.497 e. The van der Waals surface area contributed by atoms with Crippen LogP contribution < -0.4 is 9.64 Å². The number of thioether (sulfide) groups is 1. The van der Waals surface area contributed by atoms with Crippen molar-refractivity contribution in [3.05, 3.63) is 40.2 Å². The second kappa shape index (κ2) is 8.20. The van der Waals surface area contributed by atoms with Crippen molar-refractivity contribution in [3.63, 3.8) is 0 Å². The van der Waals surface area contributed by atoms with Crippen LogP contribution in [-0.2, 0) is 9.59 Å². The number of likely N-dealkylation sites (N-methyl/N-ethyl adjacent to an activating group) is 1. The van der Waals surface area contributed by atoms with E-state index in [1.54, 1.807) is 42.4 Å². The SMILES string of the molecule is CCN1C(=O)/C(=C\c2csc(N(C(C)=O)c3ccc(OC)cc3)n2)SC1=S. The third-order valence-corrected chi connectivity index (χ3v) is 6.04. The predicted octanol–water partition coefficient (Wildman–Crippen LogP) is 4.06. The molecule has 1 aliphatic rings. The molecule has 3 rings (SSSR count). The molecule has 0 unspecified atom stereocenters. The van der Waals surface area contributed by atoms with Crippen LogP contribution in [0.15, 0.2) is 34.6 Å². The summed E-state index contributed by atoms with van der Waals surface area (Å²) in [6, 6.07) is 7.17. The number of rotatable bonds is 5.